The number of benzene rings is 2. The number of amides is 1. The number of carbonyl (C=O) groups excluding carboxylic acids is 1. The molecule has 226 valence electrons. The number of anilines is 2. The molecule has 5 rings (SSSR count). The second-order valence-electron chi connectivity index (χ2n) is 10.2. The van der Waals surface area contributed by atoms with Crippen LogP contribution in [0.1, 0.15) is 28.8 Å². The van der Waals surface area contributed by atoms with E-state index in [9.17, 15) is 27.8 Å². The third-order valence-corrected chi connectivity index (χ3v) is 8.46. The number of aromatic nitrogens is 2. The number of ether oxygens (including phenoxy) is 1. The van der Waals surface area contributed by atoms with Crippen LogP contribution in [0.3, 0.4) is 0 Å². The summed E-state index contributed by atoms with van der Waals surface area (Å²) in [6, 6.07) is 15.0. The molecule has 0 radical (unpaired) electrons. The topological polar surface area (TPSA) is 109 Å². The van der Waals surface area contributed by atoms with Crippen LogP contribution in [0, 0.1) is 11.3 Å². The molecule has 1 aromatic heterocycles. The normalized spacial score (nSPS) is 17.7. The van der Waals surface area contributed by atoms with Crippen LogP contribution in [-0.2, 0) is 41.7 Å². The molecule has 14 heteroatoms. The lowest BCUT2D eigenvalue weighted by Gasteiger charge is -2.41. The van der Waals surface area contributed by atoms with Crippen LogP contribution in [0.15, 0.2) is 53.7 Å². The molecular formula is C29H28ClF3N6O3S. The fourth-order valence-electron chi connectivity index (χ4n) is 5.41. The third-order valence-electron chi connectivity index (χ3n) is 7.44. The summed E-state index contributed by atoms with van der Waals surface area (Å²) in [5, 5.41) is 9.18. The summed E-state index contributed by atoms with van der Waals surface area (Å²) in [6.45, 7) is 1.26. The lowest BCUT2D eigenvalue weighted by molar-refractivity contribution is -0.137. The minimum atomic E-state index is -4.65. The zero-order valence-corrected chi connectivity index (χ0v) is 24.8. The Kier molecular flexibility index (Phi) is 9.19. The second-order valence-corrected chi connectivity index (χ2v) is 11.9. The highest BCUT2D eigenvalue weighted by Crippen LogP contribution is 2.42. The van der Waals surface area contributed by atoms with Gasteiger partial charge in [0.25, 0.3) is 0 Å². The highest BCUT2D eigenvalue weighted by molar-refractivity contribution is 7.90. The first-order chi connectivity index (χ1) is 20.6. The number of carbonyl (C=O) groups is 1. The molecule has 0 N–H and O–H groups in total. The SMILES string of the molecule is C[S+]([O-])c1nc2c(c(N3CCN(C(=O)OCc4ccccc4)[C@@H](CC#N)C3)n1)CCN(c1cccc(Cl)c1C(F)(F)F)C2. The molecule has 0 aliphatic carbocycles. The smallest absolute Gasteiger partial charge is 0.419 e. The minimum absolute atomic E-state index is 0.0336. The molecule has 1 amide bonds. The number of nitriles is 1. The van der Waals surface area contributed by atoms with Gasteiger partial charge in [-0.2, -0.15) is 28.4 Å². The number of hydrogen-bond acceptors (Lipinski definition) is 8. The fraction of sp³-hybridized carbons (Fsp3) is 0.379. The fourth-order valence-corrected chi connectivity index (χ4v) is 6.14. The molecule has 2 aliphatic rings. The van der Waals surface area contributed by atoms with Crippen molar-refractivity contribution in [1.29, 1.82) is 5.26 Å². The van der Waals surface area contributed by atoms with E-state index in [4.69, 9.17) is 16.3 Å². The predicted octanol–water partition coefficient (Wildman–Crippen LogP) is 5.19. The van der Waals surface area contributed by atoms with Crippen LogP contribution in [-0.4, -0.2) is 64.0 Å². The van der Waals surface area contributed by atoms with E-state index < -0.39 is 40.1 Å². The third kappa shape index (κ3) is 6.76. The van der Waals surface area contributed by atoms with Gasteiger partial charge in [-0.3, -0.25) is 0 Å². The molecular weight excluding hydrogens is 605 g/mol. The molecule has 3 aromatic rings. The second kappa shape index (κ2) is 12.9. The van der Waals surface area contributed by atoms with Gasteiger partial charge in [-0.25, -0.2) is 4.79 Å². The Hall–Kier alpha value is -3.73. The largest absolute Gasteiger partial charge is 0.609 e. The maximum Gasteiger partial charge on any atom is 0.419 e. The molecule has 0 saturated carbocycles. The Balaban J connectivity index is 1.40. The van der Waals surface area contributed by atoms with Gasteiger partial charge >= 0.3 is 17.4 Å². The van der Waals surface area contributed by atoms with Crippen molar-refractivity contribution in [2.45, 2.75) is 43.4 Å². The van der Waals surface area contributed by atoms with Gasteiger partial charge < -0.3 is 24.0 Å². The number of fused-ring (bicyclic) bond motifs is 1. The van der Waals surface area contributed by atoms with Gasteiger partial charge in [0.1, 0.15) is 18.7 Å². The van der Waals surface area contributed by atoms with E-state index in [-0.39, 0.29) is 50.1 Å². The number of piperazine rings is 1. The molecule has 1 fully saturated rings. The minimum Gasteiger partial charge on any atom is -0.609 e. The van der Waals surface area contributed by atoms with Gasteiger partial charge in [0.15, 0.2) is 0 Å². The van der Waals surface area contributed by atoms with Gasteiger partial charge in [-0.05, 0) is 24.1 Å². The average molecular weight is 633 g/mol. The summed E-state index contributed by atoms with van der Waals surface area (Å²) in [7, 11) is 0. The number of alkyl halides is 3. The van der Waals surface area contributed by atoms with Crippen LogP contribution in [0.25, 0.3) is 0 Å². The number of hydrogen-bond donors (Lipinski definition) is 0. The van der Waals surface area contributed by atoms with Crippen molar-refractivity contribution in [1.82, 2.24) is 14.9 Å². The van der Waals surface area contributed by atoms with Crippen molar-refractivity contribution < 1.29 is 27.3 Å². The summed E-state index contributed by atoms with van der Waals surface area (Å²) in [5.74, 6) is 0.511. The average Bonchev–Trinajstić information content (AvgIpc) is 2.99. The van der Waals surface area contributed by atoms with Crippen LogP contribution in [0.5, 0.6) is 0 Å². The highest BCUT2D eigenvalue weighted by Gasteiger charge is 2.39. The van der Waals surface area contributed by atoms with Crippen LogP contribution in [0.4, 0.5) is 29.5 Å². The van der Waals surface area contributed by atoms with Crippen molar-refractivity contribution in [3.05, 3.63) is 75.9 Å². The molecule has 0 bridgehead atoms. The van der Waals surface area contributed by atoms with Crippen LogP contribution < -0.4 is 9.80 Å². The Bertz CT molecular complexity index is 1520. The summed E-state index contributed by atoms with van der Waals surface area (Å²) in [6.07, 6.45) is -3.36. The van der Waals surface area contributed by atoms with Gasteiger partial charge in [-0.1, -0.05) is 48.0 Å². The van der Waals surface area contributed by atoms with E-state index in [0.29, 0.717) is 24.5 Å². The van der Waals surface area contributed by atoms with E-state index >= 15 is 0 Å². The van der Waals surface area contributed by atoms with Gasteiger partial charge in [0.2, 0.25) is 0 Å². The zero-order valence-electron chi connectivity index (χ0n) is 23.2. The molecule has 43 heavy (non-hydrogen) atoms. The summed E-state index contributed by atoms with van der Waals surface area (Å²) < 4.78 is 59.8. The van der Waals surface area contributed by atoms with Crippen molar-refractivity contribution in [2.75, 3.05) is 42.2 Å². The molecule has 2 aliphatic heterocycles. The first-order valence-corrected chi connectivity index (χ1v) is 15.4. The number of rotatable bonds is 6. The van der Waals surface area contributed by atoms with Gasteiger partial charge in [0, 0.05) is 42.9 Å². The maximum absolute atomic E-state index is 13.9. The molecule has 1 saturated heterocycles. The van der Waals surface area contributed by atoms with Crippen LogP contribution in [0.2, 0.25) is 5.02 Å². The van der Waals surface area contributed by atoms with E-state index in [0.717, 1.165) is 11.1 Å². The lowest BCUT2D eigenvalue weighted by atomic mass is 10.0. The summed E-state index contributed by atoms with van der Waals surface area (Å²) >= 11 is 4.40. The van der Waals surface area contributed by atoms with Crippen molar-refractivity contribution in [3.63, 3.8) is 0 Å². The summed E-state index contributed by atoms with van der Waals surface area (Å²) in [5.41, 5.74) is 1.08. The Labute approximate surface area is 255 Å². The molecule has 9 nitrogen and oxygen atoms in total. The quantitative estimate of drug-likeness (QED) is 0.270. The van der Waals surface area contributed by atoms with E-state index in [2.05, 4.69) is 16.0 Å². The van der Waals surface area contributed by atoms with Crippen molar-refractivity contribution in [3.8, 4) is 6.07 Å². The molecule has 2 atom stereocenters. The van der Waals surface area contributed by atoms with Gasteiger partial charge in [-0.15, -0.1) is 0 Å². The monoisotopic (exact) mass is 632 g/mol. The molecule has 3 heterocycles. The Morgan fingerprint density at radius 1 is 1.14 bits per heavy atom. The maximum atomic E-state index is 13.9. The predicted molar refractivity (Wildman–Crippen MR) is 155 cm³/mol. The van der Waals surface area contributed by atoms with Crippen molar-refractivity contribution in [2.24, 2.45) is 0 Å². The van der Waals surface area contributed by atoms with Crippen molar-refractivity contribution >= 4 is 40.4 Å². The standard InChI is InChI=1S/C29H28ClF3N6O3S/c1-43(41)27-35-23-17-37(24-9-5-8-22(30)25(24)29(31,32)33)13-11-21(23)26(36-27)38-14-15-39(20(16-38)10-12-34)28(40)42-18-19-6-3-2-4-7-19/h2-9,20H,10-11,13-18H2,1H3/t20-,43?/m0/s1. The first kappa shape index (κ1) is 30.7. The Morgan fingerprint density at radius 3 is 2.60 bits per heavy atom. The molecule has 2 aromatic carbocycles. The first-order valence-electron chi connectivity index (χ1n) is 13.5. The Morgan fingerprint density at radius 2 is 1.91 bits per heavy atom. The van der Waals surface area contributed by atoms with E-state index in [1.165, 1.54) is 29.4 Å². The number of halogens is 4. The molecule has 0 spiro atoms. The van der Waals surface area contributed by atoms with Crippen LogP contribution >= 0.6 is 11.6 Å². The lowest BCUT2D eigenvalue weighted by Crippen LogP contribution is -2.56. The highest BCUT2D eigenvalue weighted by atomic mass is 35.5. The summed E-state index contributed by atoms with van der Waals surface area (Å²) in [4.78, 5) is 27.1. The number of nitrogens with zero attached hydrogens (tertiary/aromatic N) is 6. The zero-order chi connectivity index (χ0) is 30.7. The molecule has 1 unspecified atom stereocenters. The van der Waals surface area contributed by atoms with E-state index in [1.807, 2.05) is 35.2 Å². The van der Waals surface area contributed by atoms with Gasteiger partial charge in [0.05, 0.1) is 47.0 Å². The van der Waals surface area contributed by atoms with E-state index in [1.54, 1.807) is 4.90 Å².